The summed E-state index contributed by atoms with van der Waals surface area (Å²) in [5.41, 5.74) is 11.9. The molecule has 1 saturated heterocycles. The van der Waals surface area contributed by atoms with E-state index in [9.17, 15) is 0 Å². The molecule has 0 atom stereocenters. The van der Waals surface area contributed by atoms with Gasteiger partial charge in [0.1, 0.15) is 0 Å². The molecule has 1 heterocycles. The van der Waals surface area contributed by atoms with E-state index in [1.54, 1.807) is 0 Å². The Morgan fingerprint density at radius 2 is 0.275 bits per heavy atom. The Morgan fingerprint density at radius 1 is 0.175 bits per heavy atom. The standard InChI is InChI=1S/C72H88Br4P4/c73-77(57-65-33-9-1-10-34-65,58-66-35-11-2-12-36-66)49-25-27-51-78(74,59-67-37-13-3-14-38-67,60-68-39-15-4-16-40-68)53-29-31-55-80(76,63-71-45-21-7-22-46-71,64-72-47-23-8-24-48-72)56-32-30-54-79(75,52-28-26-50-77,61-69-41-17-5-18-42-69)62-70-43-19-6-20-44-70/h1-24,33-48H,25-32,49-64H2. The van der Waals surface area contributed by atoms with Crippen molar-refractivity contribution in [2.75, 3.05) is 49.3 Å². The van der Waals surface area contributed by atoms with Crippen LogP contribution in [0.15, 0.2) is 243 Å². The van der Waals surface area contributed by atoms with Crippen molar-refractivity contribution in [1.29, 1.82) is 0 Å². The first-order valence-electron chi connectivity index (χ1n) is 29.8. The SMILES string of the molecule is BrP1(Cc2ccccc2)(Cc2ccccc2)CCCCP(Br)(Cc2ccccc2)(Cc2ccccc2)CCCCP(Br)(Cc2ccccc2)(Cc2ccccc2)CCCCP(Br)(Cc2ccccc2)(Cc2ccccc2)CCCC1. The molecule has 424 valence electrons. The van der Waals surface area contributed by atoms with Gasteiger partial charge in [0.15, 0.2) is 0 Å². The van der Waals surface area contributed by atoms with Crippen LogP contribution >= 0.6 is 83.2 Å². The summed E-state index contributed by atoms with van der Waals surface area (Å²) in [6, 6.07) is 92.7. The van der Waals surface area contributed by atoms with Gasteiger partial charge in [0.25, 0.3) is 0 Å². The Labute approximate surface area is 515 Å². The second-order valence-electron chi connectivity index (χ2n) is 25.0. The van der Waals surface area contributed by atoms with E-state index in [0.717, 1.165) is 49.3 Å². The third-order valence-electron chi connectivity index (χ3n) is 18.1. The number of hydrogen-bond donors (Lipinski definition) is 0. The zero-order valence-electron chi connectivity index (χ0n) is 47.4. The van der Waals surface area contributed by atoms with Gasteiger partial charge in [-0.25, -0.2) is 0 Å². The maximum absolute atomic E-state index is 5.06. The van der Waals surface area contributed by atoms with Crippen LogP contribution < -0.4 is 0 Å². The normalized spacial score (nSPS) is 21.9. The molecule has 0 N–H and O–H groups in total. The minimum atomic E-state index is -2.67. The molecule has 8 aromatic carbocycles. The van der Waals surface area contributed by atoms with Gasteiger partial charge in [-0.05, 0) is 0 Å². The molecule has 0 bridgehead atoms. The van der Waals surface area contributed by atoms with Crippen LogP contribution in [0.5, 0.6) is 0 Å². The summed E-state index contributed by atoms with van der Waals surface area (Å²) < 4.78 is 0. The van der Waals surface area contributed by atoms with Gasteiger partial charge in [-0.1, -0.05) is 0 Å². The van der Waals surface area contributed by atoms with Crippen molar-refractivity contribution in [2.24, 2.45) is 0 Å². The zero-order chi connectivity index (χ0) is 55.7. The predicted octanol–water partition coefficient (Wildman–Crippen LogP) is 24.2. The molecule has 1 fully saturated rings. The molecule has 0 amide bonds. The topological polar surface area (TPSA) is 0 Å². The predicted molar refractivity (Wildman–Crippen MR) is 380 cm³/mol. The van der Waals surface area contributed by atoms with Crippen molar-refractivity contribution in [3.63, 3.8) is 0 Å². The summed E-state index contributed by atoms with van der Waals surface area (Å²) in [7, 11) is 0. The average Bonchev–Trinajstić information content (AvgIpc) is 3.62. The van der Waals surface area contributed by atoms with E-state index in [4.69, 9.17) is 62.0 Å². The molecule has 0 spiro atoms. The fourth-order valence-electron chi connectivity index (χ4n) is 14.3. The summed E-state index contributed by atoms with van der Waals surface area (Å²) in [5, 5.41) is -10.7. The Hall–Kier alpha value is -2.60. The molecule has 80 heavy (non-hydrogen) atoms. The number of halogens is 4. The van der Waals surface area contributed by atoms with Crippen molar-refractivity contribution in [3.05, 3.63) is 287 Å². The van der Waals surface area contributed by atoms with Crippen molar-refractivity contribution in [3.8, 4) is 0 Å². The fraction of sp³-hybridized carbons (Fsp3) is 0.333. The summed E-state index contributed by atoms with van der Waals surface area (Å²) >= 11 is 20.2. The van der Waals surface area contributed by atoms with Gasteiger partial charge in [0.05, 0.1) is 0 Å². The third-order valence-corrected chi connectivity index (χ3v) is 53.3. The Kier molecular flexibility index (Phi) is 21.4. The quantitative estimate of drug-likeness (QED) is 0.0846. The van der Waals surface area contributed by atoms with Crippen molar-refractivity contribution in [2.45, 2.75) is 101 Å². The molecule has 8 heteroatoms. The maximum atomic E-state index is 5.06. The number of benzene rings is 8. The van der Waals surface area contributed by atoms with Crippen LogP contribution in [0.3, 0.4) is 0 Å². The van der Waals surface area contributed by atoms with Crippen LogP contribution in [-0.4, -0.2) is 49.3 Å². The zero-order valence-corrected chi connectivity index (χ0v) is 57.3. The first kappa shape index (κ1) is 61.9. The Bertz CT molecular complexity index is 2480. The van der Waals surface area contributed by atoms with Gasteiger partial charge in [-0.2, -0.15) is 0 Å². The molecule has 0 unspecified atom stereocenters. The van der Waals surface area contributed by atoms with E-state index < -0.39 is 21.2 Å². The van der Waals surface area contributed by atoms with Gasteiger partial charge in [-0.3, -0.25) is 0 Å². The molecule has 0 aliphatic carbocycles. The van der Waals surface area contributed by atoms with E-state index in [1.807, 2.05) is 0 Å². The van der Waals surface area contributed by atoms with E-state index in [2.05, 4.69) is 243 Å². The van der Waals surface area contributed by atoms with E-state index in [1.165, 1.54) is 145 Å². The summed E-state index contributed by atoms with van der Waals surface area (Å²) in [5.74, 6) is 0. The molecular weight excluding hydrogens is 1310 g/mol. The van der Waals surface area contributed by atoms with Crippen LogP contribution in [0.25, 0.3) is 0 Å². The van der Waals surface area contributed by atoms with Crippen molar-refractivity contribution >= 4 is 83.2 Å². The van der Waals surface area contributed by atoms with Crippen LogP contribution in [0.1, 0.15) is 95.9 Å². The Balaban J connectivity index is 1.16. The van der Waals surface area contributed by atoms with E-state index in [0.29, 0.717) is 0 Å². The van der Waals surface area contributed by atoms with Gasteiger partial charge < -0.3 is 0 Å². The summed E-state index contributed by atoms with van der Waals surface area (Å²) in [6.07, 6.45) is 28.8. The fourth-order valence-corrected chi connectivity index (χ4v) is 48.2. The van der Waals surface area contributed by atoms with Gasteiger partial charge in [-0.15, -0.1) is 0 Å². The molecular formula is C72H88Br4P4. The minimum absolute atomic E-state index is 1.13. The molecule has 0 aromatic heterocycles. The molecule has 1 aliphatic heterocycles. The first-order valence-corrected chi connectivity index (χ1v) is 49.8. The van der Waals surface area contributed by atoms with Crippen molar-refractivity contribution in [1.82, 2.24) is 0 Å². The number of hydrogen-bond acceptors (Lipinski definition) is 0. The van der Waals surface area contributed by atoms with Crippen LogP contribution in [0.2, 0.25) is 0 Å². The molecule has 0 saturated carbocycles. The second kappa shape index (κ2) is 27.6. The second-order valence-corrected chi connectivity index (χ2v) is 69.8. The molecule has 9 rings (SSSR count). The monoisotopic (exact) mass is 1390 g/mol. The van der Waals surface area contributed by atoms with Gasteiger partial charge in [0.2, 0.25) is 0 Å². The average molecular weight is 1400 g/mol. The third kappa shape index (κ3) is 17.7. The van der Waals surface area contributed by atoms with Crippen LogP contribution in [-0.2, 0) is 49.3 Å². The van der Waals surface area contributed by atoms with Crippen LogP contribution in [0.4, 0.5) is 0 Å². The molecule has 8 aromatic rings. The van der Waals surface area contributed by atoms with E-state index >= 15 is 0 Å². The van der Waals surface area contributed by atoms with E-state index in [-0.39, 0.29) is 0 Å². The van der Waals surface area contributed by atoms with Gasteiger partial charge >= 0.3 is 520 Å². The van der Waals surface area contributed by atoms with Gasteiger partial charge in [0, 0.05) is 0 Å². The number of rotatable bonds is 16. The summed E-state index contributed by atoms with van der Waals surface area (Å²) in [6.45, 7) is 0. The Morgan fingerprint density at radius 3 is 0.375 bits per heavy atom. The molecule has 0 nitrogen and oxygen atoms in total. The van der Waals surface area contributed by atoms with Crippen molar-refractivity contribution < 1.29 is 0 Å². The summed E-state index contributed by atoms with van der Waals surface area (Å²) in [4.78, 5) is 0. The molecule has 0 radical (unpaired) electrons. The van der Waals surface area contributed by atoms with Crippen LogP contribution in [0, 0.1) is 0 Å². The first-order chi connectivity index (χ1) is 38.6. The molecule has 1 aliphatic rings.